The Morgan fingerprint density at radius 1 is 1.18 bits per heavy atom. The van der Waals surface area contributed by atoms with Gasteiger partial charge in [-0.2, -0.15) is 0 Å². The summed E-state index contributed by atoms with van der Waals surface area (Å²) in [5.41, 5.74) is 3.31. The summed E-state index contributed by atoms with van der Waals surface area (Å²) in [6.45, 7) is 1.33. The van der Waals surface area contributed by atoms with Crippen LogP contribution in [0.15, 0.2) is 48.8 Å². The highest BCUT2D eigenvalue weighted by atomic mass is 19.1. The molecule has 0 spiro atoms. The van der Waals surface area contributed by atoms with Crippen LogP contribution in [0.1, 0.15) is 15.9 Å². The highest BCUT2D eigenvalue weighted by Crippen LogP contribution is 2.21. The largest absolute Gasteiger partial charge is 0.355 e. The van der Waals surface area contributed by atoms with E-state index in [0.717, 1.165) is 16.6 Å². The van der Waals surface area contributed by atoms with Crippen LogP contribution in [0.25, 0.3) is 11.0 Å². The Labute approximate surface area is 162 Å². The number of carbonyl (C=O) groups is 2. The molecule has 2 heterocycles. The summed E-state index contributed by atoms with van der Waals surface area (Å²) < 4.78 is 14.8. The maximum absolute atomic E-state index is 12.9. The predicted molar refractivity (Wildman–Crippen MR) is 103 cm³/mol. The van der Waals surface area contributed by atoms with Gasteiger partial charge in [0, 0.05) is 32.2 Å². The molecule has 28 heavy (non-hydrogen) atoms. The first-order valence-electron chi connectivity index (χ1n) is 9.24. The molecule has 0 aliphatic carbocycles. The van der Waals surface area contributed by atoms with Gasteiger partial charge in [0.15, 0.2) is 0 Å². The molecule has 1 fully saturated rings. The van der Waals surface area contributed by atoms with Crippen LogP contribution in [0.5, 0.6) is 0 Å². The number of nitrogens with zero attached hydrogens (tertiary/aromatic N) is 3. The fourth-order valence-corrected chi connectivity index (χ4v) is 3.39. The van der Waals surface area contributed by atoms with Gasteiger partial charge in [-0.3, -0.25) is 9.59 Å². The highest BCUT2D eigenvalue weighted by Gasteiger charge is 2.35. The molecule has 0 saturated carbocycles. The lowest BCUT2D eigenvalue weighted by atomic mass is 9.97. The number of benzene rings is 2. The van der Waals surface area contributed by atoms with E-state index in [1.54, 1.807) is 35.5 Å². The van der Waals surface area contributed by atoms with Gasteiger partial charge in [0.05, 0.1) is 23.3 Å². The van der Waals surface area contributed by atoms with Crippen molar-refractivity contribution < 1.29 is 14.0 Å². The molecule has 1 aromatic heterocycles. The van der Waals surface area contributed by atoms with Gasteiger partial charge >= 0.3 is 0 Å². The number of hydrogen-bond acceptors (Lipinski definition) is 3. The first-order valence-corrected chi connectivity index (χ1v) is 9.24. The predicted octanol–water partition coefficient (Wildman–Crippen LogP) is 2.14. The summed E-state index contributed by atoms with van der Waals surface area (Å²) in [5.74, 6) is -0.584. The third-order valence-electron chi connectivity index (χ3n) is 5.14. The van der Waals surface area contributed by atoms with E-state index in [2.05, 4.69) is 10.3 Å². The fraction of sp³-hybridized carbons (Fsp3) is 0.286. The van der Waals surface area contributed by atoms with E-state index in [1.807, 2.05) is 17.7 Å². The number of halogens is 1. The van der Waals surface area contributed by atoms with Crippen molar-refractivity contribution >= 4 is 22.8 Å². The van der Waals surface area contributed by atoms with Crippen molar-refractivity contribution in [1.29, 1.82) is 0 Å². The van der Waals surface area contributed by atoms with Crippen LogP contribution < -0.4 is 5.32 Å². The Kier molecular flexibility index (Phi) is 4.81. The molecule has 2 amide bonds. The minimum Gasteiger partial charge on any atom is -0.355 e. The average molecular weight is 380 g/mol. The zero-order valence-electron chi connectivity index (χ0n) is 15.6. The van der Waals surface area contributed by atoms with Gasteiger partial charge < -0.3 is 14.8 Å². The SMILES string of the molecule is Cn1cnc2cc(C(=O)N3CC(C(=O)NCCc4ccc(F)cc4)C3)ccc21. The molecule has 6 nitrogen and oxygen atoms in total. The molecule has 0 bridgehead atoms. The molecular formula is C21H21FN4O2. The molecular weight excluding hydrogens is 359 g/mol. The first kappa shape index (κ1) is 18.2. The van der Waals surface area contributed by atoms with Crippen LogP contribution in [0.4, 0.5) is 4.39 Å². The van der Waals surface area contributed by atoms with Gasteiger partial charge in [-0.15, -0.1) is 0 Å². The summed E-state index contributed by atoms with van der Waals surface area (Å²) in [6.07, 6.45) is 2.36. The number of amides is 2. The average Bonchev–Trinajstić information content (AvgIpc) is 3.02. The number of carbonyl (C=O) groups excluding carboxylic acids is 2. The van der Waals surface area contributed by atoms with Crippen molar-refractivity contribution in [2.75, 3.05) is 19.6 Å². The zero-order chi connectivity index (χ0) is 19.7. The number of imidazole rings is 1. The lowest BCUT2D eigenvalue weighted by Crippen LogP contribution is -2.55. The van der Waals surface area contributed by atoms with Crippen LogP contribution >= 0.6 is 0 Å². The summed E-state index contributed by atoms with van der Waals surface area (Å²) in [4.78, 5) is 30.8. The van der Waals surface area contributed by atoms with Crippen molar-refractivity contribution in [3.05, 3.63) is 65.7 Å². The maximum Gasteiger partial charge on any atom is 0.253 e. The number of aromatic nitrogens is 2. The lowest BCUT2D eigenvalue weighted by Gasteiger charge is -2.38. The minimum absolute atomic E-state index is 0.0497. The minimum atomic E-state index is -0.269. The second-order valence-corrected chi connectivity index (χ2v) is 7.13. The van der Waals surface area contributed by atoms with Gasteiger partial charge in [0.2, 0.25) is 5.91 Å². The monoisotopic (exact) mass is 380 g/mol. The Morgan fingerprint density at radius 2 is 1.93 bits per heavy atom. The van der Waals surface area contributed by atoms with Gasteiger partial charge in [-0.25, -0.2) is 9.37 Å². The van der Waals surface area contributed by atoms with Crippen molar-refractivity contribution in [2.45, 2.75) is 6.42 Å². The summed E-state index contributed by atoms with van der Waals surface area (Å²) in [5, 5.41) is 2.89. The highest BCUT2D eigenvalue weighted by molar-refractivity contribution is 5.98. The Morgan fingerprint density at radius 3 is 2.68 bits per heavy atom. The van der Waals surface area contributed by atoms with Crippen molar-refractivity contribution in [3.8, 4) is 0 Å². The summed E-state index contributed by atoms with van der Waals surface area (Å²) in [7, 11) is 1.91. The Hall–Kier alpha value is -3.22. The molecule has 1 aliphatic rings. The van der Waals surface area contributed by atoms with E-state index < -0.39 is 0 Å². The number of fused-ring (bicyclic) bond motifs is 1. The van der Waals surface area contributed by atoms with E-state index in [9.17, 15) is 14.0 Å². The third-order valence-corrected chi connectivity index (χ3v) is 5.14. The smallest absolute Gasteiger partial charge is 0.253 e. The second-order valence-electron chi connectivity index (χ2n) is 7.13. The normalized spacial score (nSPS) is 14.1. The van der Waals surface area contributed by atoms with Gasteiger partial charge in [-0.05, 0) is 42.3 Å². The number of aryl methyl sites for hydroxylation is 1. The maximum atomic E-state index is 12.9. The Balaban J connectivity index is 1.26. The van der Waals surface area contributed by atoms with Gasteiger partial charge in [-0.1, -0.05) is 12.1 Å². The molecule has 0 radical (unpaired) electrons. The summed E-state index contributed by atoms with van der Waals surface area (Å²) in [6, 6.07) is 11.7. The zero-order valence-corrected chi connectivity index (χ0v) is 15.6. The third kappa shape index (κ3) is 3.60. The fourth-order valence-electron chi connectivity index (χ4n) is 3.39. The van der Waals surface area contributed by atoms with Crippen molar-refractivity contribution in [2.24, 2.45) is 13.0 Å². The molecule has 4 rings (SSSR count). The van der Waals surface area contributed by atoms with Crippen LogP contribution in [0.2, 0.25) is 0 Å². The van der Waals surface area contributed by atoms with Crippen LogP contribution in [-0.4, -0.2) is 45.9 Å². The molecule has 1 N–H and O–H groups in total. The molecule has 0 atom stereocenters. The topological polar surface area (TPSA) is 67.2 Å². The van der Waals surface area contributed by atoms with Gasteiger partial charge in [0.25, 0.3) is 5.91 Å². The quantitative estimate of drug-likeness (QED) is 0.738. The number of nitrogens with one attached hydrogen (secondary N) is 1. The van der Waals surface area contributed by atoms with E-state index in [-0.39, 0.29) is 23.5 Å². The van der Waals surface area contributed by atoms with E-state index in [4.69, 9.17) is 0 Å². The van der Waals surface area contributed by atoms with Crippen LogP contribution in [0.3, 0.4) is 0 Å². The number of hydrogen-bond donors (Lipinski definition) is 1. The molecule has 144 valence electrons. The first-order chi connectivity index (χ1) is 13.5. The van der Waals surface area contributed by atoms with Gasteiger partial charge in [0.1, 0.15) is 5.82 Å². The van der Waals surface area contributed by atoms with E-state index >= 15 is 0 Å². The van der Waals surface area contributed by atoms with Crippen molar-refractivity contribution in [3.63, 3.8) is 0 Å². The number of rotatable bonds is 5. The molecule has 3 aromatic rings. The van der Waals surface area contributed by atoms with Crippen molar-refractivity contribution in [1.82, 2.24) is 19.8 Å². The summed E-state index contributed by atoms with van der Waals surface area (Å²) >= 11 is 0. The van der Waals surface area contributed by atoms with Crippen LogP contribution in [0, 0.1) is 11.7 Å². The standard InChI is InChI=1S/C21H21FN4O2/c1-25-13-24-18-10-15(4-7-19(18)25)21(28)26-11-16(12-26)20(27)23-9-8-14-2-5-17(22)6-3-14/h2-7,10,13,16H,8-9,11-12H2,1H3,(H,23,27). The number of likely N-dealkylation sites (tertiary alicyclic amines) is 1. The molecule has 1 aliphatic heterocycles. The molecule has 7 heteroatoms. The van der Waals surface area contributed by atoms with E-state index in [1.165, 1.54) is 12.1 Å². The lowest BCUT2D eigenvalue weighted by molar-refractivity contribution is -0.128. The van der Waals surface area contributed by atoms with E-state index in [0.29, 0.717) is 31.6 Å². The Bertz CT molecular complexity index is 1020. The second kappa shape index (κ2) is 7.42. The molecule has 2 aromatic carbocycles. The molecule has 1 saturated heterocycles. The molecule has 0 unspecified atom stereocenters. The van der Waals surface area contributed by atoms with Crippen LogP contribution in [-0.2, 0) is 18.3 Å².